The summed E-state index contributed by atoms with van der Waals surface area (Å²) in [4.78, 5) is 42.8. The second-order valence-electron chi connectivity index (χ2n) is 9.13. The molecule has 0 aliphatic carbocycles. The van der Waals surface area contributed by atoms with Crippen molar-refractivity contribution in [2.45, 2.75) is 44.7 Å². The lowest BCUT2D eigenvalue weighted by Gasteiger charge is -2.34. The fourth-order valence-corrected chi connectivity index (χ4v) is 5.22. The lowest BCUT2D eigenvalue weighted by atomic mass is 10.1. The molecule has 0 unspecified atom stereocenters. The lowest BCUT2D eigenvalue weighted by Crippen LogP contribution is -2.47. The SMILES string of the molecule is O=C1[C@@H]2CCC(=O)N2Cc2ccccc2N1CCCCCN1CCN(c2ncccn2)CC1. The van der Waals surface area contributed by atoms with Crippen LogP contribution in [-0.2, 0) is 16.1 Å². The number of benzene rings is 1. The number of nitrogens with zero attached hydrogens (tertiary/aromatic N) is 6. The van der Waals surface area contributed by atoms with Crippen LogP contribution in [0.3, 0.4) is 0 Å². The smallest absolute Gasteiger partial charge is 0.249 e. The third kappa shape index (κ3) is 4.71. The maximum Gasteiger partial charge on any atom is 0.249 e. The average Bonchev–Trinajstić information content (AvgIpc) is 3.17. The van der Waals surface area contributed by atoms with Crippen molar-refractivity contribution in [3.8, 4) is 0 Å². The van der Waals surface area contributed by atoms with Gasteiger partial charge in [-0.05, 0) is 43.5 Å². The fraction of sp³-hybridized carbons (Fsp3) is 0.520. The Morgan fingerprint density at radius 2 is 1.64 bits per heavy atom. The predicted molar refractivity (Wildman–Crippen MR) is 127 cm³/mol. The molecule has 0 bridgehead atoms. The van der Waals surface area contributed by atoms with Crippen LogP contribution in [-0.4, -0.2) is 76.9 Å². The summed E-state index contributed by atoms with van der Waals surface area (Å²) in [5, 5.41) is 0. The third-order valence-corrected chi connectivity index (χ3v) is 7.07. The first-order valence-electron chi connectivity index (χ1n) is 12.1. The van der Waals surface area contributed by atoms with Crippen LogP contribution in [0.25, 0.3) is 0 Å². The second-order valence-corrected chi connectivity index (χ2v) is 9.13. The third-order valence-electron chi connectivity index (χ3n) is 7.07. The minimum Gasteiger partial charge on any atom is -0.338 e. The minimum absolute atomic E-state index is 0.0880. The molecule has 4 heterocycles. The number of aromatic nitrogens is 2. The number of amides is 2. The van der Waals surface area contributed by atoms with Gasteiger partial charge in [0, 0.05) is 63.8 Å². The van der Waals surface area contributed by atoms with E-state index < -0.39 is 0 Å². The van der Waals surface area contributed by atoms with Crippen LogP contribution < -0.4 is 9.80 Å². The van der Waals surface area contributed by atoms with Gasteiger partial charge in [0.1, 0.15) is 6.04 Å². The van der Waals surface area contributed by atoms with Crippen molar-refractivity contribution in [1.29, 1.82) is 0 Å². The Hall–Kier alpha value is -3.00. The molecule has 1 aromatic heterocycles. The molecule has 0 N–H and O–H groups in total. The summed E-state index contributed by atoms with van der Waals surface area (Å²) in [5.74, 6) is 1.01. The normalized spacial score (nSPS) is 21.2. The van der Waals surface area contributed by atoms with Crippen molar-refractivity contribution < 1.29 is 9.59 Å². The molecule has 2 amide bonds. The summed E-state index contributed by atoms with van der Waals surface area (Å²) >= 11 is 0. The molecule has 5 rings (SSSR count). The van der Waals surface area contributed by atoms with E-state index in [1.165, 1.54) is 0 Å². The number of para-hydroxylation sites is 1. The number of anilines is 2. The summed E-state index contributed by atoms with van der Waals surface area (Å²) < 4.78 is 0. The van der Waals surface area contributed by atoms with E-state index in [1.807, 2.05) is 35.2 Å². The van der Waals surface area contributed by atoms with Gasteiger partial charge in [-0.3, -0.25) is 14.5 Å². The van der Waals surface area contributed by atoms with E-state index >= 15 is 0 Å². The average molecular weight is 449 g/mol. The van der Waals surface area contributed by atoms with Crippen molar-refractivity contribution >= 4 is 23.5 Å². The van der Waals surface area contributed by atoms with E-state index in [1.54, 1.807) is 17.3 Å². The molecule has 3 aliphatic heterocycles. The number of carbonyl (C=O) groups is 2. The Bertz CT molecular complexity index is 976. The minimum atomic E-state index is -0.296. The molecule has 3 aliphatic rings. The number of fused-ring (bicyclic) bond motifs is 2. The van der Waals surface area contributed by atoms with Gasteiger partial charge in [0.2, 0.25) is 17.8 Å². The fourth-order valence-electron chi connectivity index (χ4n) is 5.22. The molecule has 2 aromatic rings. The van der Waals surface area contributed by atoms with Gasteiger partial charge in [-0.2, -0.15) is 0 Å². The molecule has 0 saturated carbocycles. The Kier molecular flexibility index (Phi) is 6.53. The summed E-state index contributed by atoms with van der Waals surface area (Å²) in [6.07, 6.45) is 7.89. The zero-order valence-electron chi connectivity index (χ0n) is 19.1. The van der Waals surface area contributed by atoms with Crippen LogP contribution in [0.2, 0.25) is 0 Å². The Morgan fingerprint density at radius 3 is 2.45 bits per heavy atom. The monoisotopic (exact) mass is 448 g/mol. The summed E-state index contributed by atoms with van der Waals surface area (Å²) in [7, 11) is 0. The van der Waals surface area contributed by atoms with E-state index in [-0.39, 0.29) is 17.9 Å². The van der Waals surface area contributed by atoms with Crippen LogP contribution in [0, 0.1) is 0 Å². The molecule has 33 heavy (non-hydrogen) atoms. The van der Waals surface area contributed by atoms with Gasteiger partial charge in [-0.1, -0.05) is 24.6 Å². The van der Waals surface area contributed by atoms with E-state index in [2.05, 4.69) is 19.8 Å². The summed E-state index contributed by atoms with van der Waals surface area (Å²) in [6, 6.07) is 9.60. The van der Waals surface area contributed by atoms with E-state index in [0.717, 1.165) is 69.2 Å². The second kappa shape index (κ2) is 9.87. The molecule has 8 nitrogen and oxygen atoms in total. The van der Waals surface area contributed by atoms with Crippen molar-refractivity contribution in [1.82, 2.24) is 19.8 Å². The quantitative estimate of drug-likeness (QED) is 0.606. The topological polar surface area (TPSA) is 72.9 Å². The molecule has 0 radical (unpaired) electrons. The van der Waals surface area contributed by atoms with Crippen molar-refractivity contribution in [2.75, 3.05) is 49.1 Å². The van der Waals surface area contributed by atoms with Gasteiger partial charge in [0.15, 0.2) is 0 Å². The van der Waals surface area contributed by atoms with Gasteiger partial charge in [-0.25, -0.2) is 9.97 Å². The number of piperazine rings is 1. The first kappa shape index (κ1) is 21.8. The molecule has 8 heteroatoms. The number of hydrogen-bond acceptors (Lipinski definition) is 6. The molecule has 0 spiro atoms. The van der Waals surface area contributed by atoms with Crippen molar-refractivity contribution in [3.05, 3.63) is 48.3 Å². The van der Waals surface area contributed by atoms with Gasteiger partial charge < -0.3 is 14.7 Å². The highest BCUT2D eigenvalue weighted by Gasteiger charge is 2.41. The highest BCUT2D eigenvalue weighted by molar-refractivity contribution is 6.02. The van der Waals surface area contributed by atoms with Gasteiger partial charge in [0.25, 0.3) is 0 Å². The number of hydrogen-bond donors (Lipinski definition) is 0. The number of carbonyl (C=O) groups excluding carboxylic acids is 2. The van der Waals surface area contributed by atoms with Crippen molar-refractivity contribution in [2.24, 2.45) is 0 Å². The molecule has 2 fully saturated rings. The zero-order valence-corrected chi connectivity index (χ0v) is 19.1. The zero-order chi connectivity index (χ0) is 22.6. The highest BCUT2D eigenvalue weighted by atomic mass is 16.2. The number of unbranched alkanes of at least 4 members (excludes halogenated alkanes) is 2. The number of rotatable bonds is 7. The Morgan fingerprint density at radius 1 is 0.879 bits per heavy atom. The molecular weight excluding hydrogens is 416 g/mol. The van der Waals surface area contributed by atoms with Crippen LogP contribution in [0.4, 0.5) is 11.6 Å². The molecule has 1 aromatic carbocycles. The Balaban J connectivity index is 1.10. The first-order chi connectivity index (χ1) is 16.2. The van der Waals surface area contributed by atoms with E-state index in [9.17, 15) is 9.59 Å². The summed E-state index contributed by atoms with van der Waals surface area (Å²) in [5.41, 5.74) is 2.05. The van der Waals surface area contributed by atoms with E-state index in [0.29, 0.717) is 25.9 Å². The van der Waals surface area contributed by atoms with Crippen LogP contribution in [0.15, 0.2) is 42.7 Å². The largest absolute Gasteiger partial charge is 0.338 e. The lowest BCUT2D eigenvalue weighted by molar-refractivity contribution is -0.134. The first-order valence-corrected chi connectivity index (χ1v) is 12.1. The van der Waals surface area contributed by atoms with Gasteiger partial charge in [0.05, 0.1) is 0 Å². The molecule has 2 saturated heterocycles. The summed E-state index contributed by atoms with van der Waals surface area (Å²) in [6.45, 7) is 6.32. The standard InChI is InChI=1S/C25H32N6O2/c32-23-10-9-22-24(33)30(21-8-3-2-7-20(21)19-31(22)23)14-5-1-4-13-28-15-17-29(18-16-28)25-26-11-6-12-27-25/h2-3,6-8,11-12,22H,1,4-5,9-10,13-19H2/t22-/m0/s1. The maximum absolute atomic E-state index is 13.3. The van der Waals surface area contributed by atoms with Gasteiger partial charge in [-0.15, -0.1) is 0 Å². The van der Waals surface area contributed by atoms with Crippen LogP contribution in [0.1, 0.15) is 37.7 Å². The van der Waals surface area contributed by atoms with Gasteiger partial charge >= 0.3 is 0 Å². The van der Waals surface area contributed by atoms with E-state index in [4.69, 9.17) is 0 Å². The molecule has 174 valence electrons. The van der Waals surface area contributed by atoms with Crippen LogP contribution in [0.5, 0.6) is 0 Å². The highest BCUT2D eigenvalue weighted by Crippen LogP contribution is 2.33. The molecular formula is C25H32N6O2. The Labute approximate surface area is 195 Å². The van der Waals surface area contributed by atoms with Crippen LogP contribution >= 0.6 is 0 Å². The molecule has 1 atom stereocenters. The van der Waals surface area contributed by atoms with Crippen molar-refractivity contribution in [3.63, 3.8) is 0 Å². The maximum atomic E-state index is 13.3. The predicted octanol–water partition coefficient (Wildman–Crippen LogP) is 2.31.